The maximum atomic E-state index is 13.2. The molecule has 0 bridgehead atoms. The van der Waals surface area contributed by atoms with Gasteiger partial charge < -0.3 is 14.6 Å². The molecule has 0 fully saturated rings. The number of aryl methyl sites for hydroxylation is 3. The van der Waals surface area contributed by atoms with Crippen LogP contribution in [-0.2, 0) is 11.4 Å². The summed E-state index contributed by atoms with van der Waals surface area (Å²) >= 11 is 0.00413. The highest BCUT2D eigenvalue weighted by atomic mass is 32.2. The Labute approximate surface area is 194 Å². The number of aromatic nitrogens is 1. The normalized spacial score (nSPS) is 11.9. The number of carbonyl (C=O) groups is 1. The molecule has 2 N–H and O–H groups in total. The molecule has 0 saturated heterocycles. The van der Waals surface area contributed by atoms with Crippen molar-refractivity contribution in [3.05, 3.63) is 76.3 Å². The minimum atomic E-state index is -1.59. The SMILES string of the molecule is COc1ccc(NC(=O)c2ccc3sc(C)nc3c2)cc1[S+]([O-])Nc1c(C)cccc1C. The molecule has 3 aromatic carbocycles. The smallest absolute Gasteiger partial charge is 0.255 e. The maximum Gasteiger partial charge on any atom is 0.255 e. The summed E-state index contributed by atoms with van der Waals surface area (Å²) in [5.41, 5.74) is 4.64. The number of para-hydroxylation sites is 1. The molecule has 1 aromatic heterocycles. The molecule has 1 atom stereocenters. The number of nitrogens with one attached hydrogen (secondary N) is 2. The van der Waals surface area contributed by atoms with Gasteiger partial charge in [0, 0.05) is 17.3 Å². The summed E-state index contributed by atoms with van der Waals surface area (Å²) in [5, 5.41) is 3.84. The highest BCUT2D eigenvalue weighted by Crippen LogP contribution is 2.31. The Morgan fingerprint density at radius 1 is 1.06 bits per heavy atom. The maximum absolute atomic E-state index is 13.2. The van der Waals surface area contributed by atoms with Crippen molar-refractivity contribution in [1.29, 1.82) is 0 Å². The average molecular weight is 466 g/mol. The van der Waals surface area contributed by atoms with E-state index in [2.05, 4.69) is 15.0 Å². The van der Waals surface area contributed by atoms with E-state index in [4.69, 9.17) is 4.74 Å². The Balaban J connectivity index is 1.58. The molecule has 6 nitrogen and oxygen atoms in total. The van der Waals surface area contributed by atoms with Crippen LogP contribution in [0.15, 0.2) is 59.5 Å². The van der Waals surface area contributed by atoms with Gasteiger partial charge in [0.1, 0.15) is 11.4 Å². The molecule has 0 aliphatic rings. The number of carbonyl (C=O) groups excluding carboxylic acids is 1. The van der Waals surface area contributed by atoms with E-state index in [1.54, 1.807) is 41.7 Å². The number of hydrogen-bond acceptors (Lipinski definition) is 6. The Morgan fingerprint density at radius 3 is 2.53 bits per heavy atom. The third-order valence-corrected chi connectivity index (χ3v) is 7.11. The van der Waals surface area contributed by atoms with E-state index in [1.807, 2.05) is 45.0 Å². The summed E-state index contributed by atoms with van der Waals surface area (Å²) in [4.78, 5) is 17.7. The van der Waals surface area contributed by atoms with Crippen molar-refractivity contribution in [1.82, 2.24) is 4.98 Å². The predicted molar refractivity (Wildman–Crippen MR) is 131 cm³/mol. The molecule has 4 rings (SSSR count). The number of benzene rings is 3. The van der Waals surface area contributed by atoms with Crippen LogP contribution >= 0.6 is 11.3 Å². The zero-order valence-corrected chi connectivity index (χ0v) is 19.8. The summed E-state index contributed by atoms with van der Waals surface area (Å²) in [5.74, 6) is 0.210. The van der Waals surface area contributed by atoms with E-state index in [9.17, 15) is 9.35 Å². The first-order chi connectivity index (χ1) is 15.4. The molecular weight excluding hydrogens is 442 g/mol. The van der Waals surface area contributed by atoms with Gasteiger partial charge in [-0.05, 0) is 62.2 Å². The Morgan fingerprint density at radius 2 is 1.81 bits per heavy atom. The number of anilines is 2. The quantitative estimate of drug-likeness (QED) is 0.361. The second-order valence-corrected chi connectivity index (χ2v) is 9.79. The molecule has 0 aliphatic carbocycles. The number of thiazole rings is 1. The van der Waals surface area contributed by atoms with E-state index in [0.717, 1.165) is 32.0 Å². The second-order valence-electron chi connectivity index (χ2n) is 7.37. The minimum absolute atomic E-state index is 0.262. The van der Waals surface area contributed by atoms with Crippen LogP contribution in [0.25, 0.3) is 10.2 Å². The van der Waals surface area contributed by atoms with Gasteiger partial charge >= 0.3 is 0 Å². The molecule has 0 aliphatic heterocycles. The van der Waals surface area contributed by atoms with Crippen molar-refractivity contribution < 1.29 is 14.1 Å². The summed E-state index contributed by atoms with van der Waals surface area (Å²) in [7, 11) is 1.53. The largest absolute Gasteiger partial charge is 0.588 e. The van der Waals surface area contributed by atoms with E-state index >= 15 is 0 Å². The molecular formula is C24H23N3O3S2. The van der Waals surface area contributed by atoms with Crippen LogP contribution in [0, 0.1) is 20.8 Å². The van der Waals surface area contributed by atoms with Crippen molar-refractivity contribution >= 4 is 50.2 Å². The fourth-order valence-electron chi connectivity index (χ4n) is 3.41. The van der Waals surface area contributed by atoms with Crippen LogP contribution in [0.3, 0.4) is 0 Å². The van der Waals surface area contributed by atoms with Gasteiger partial charge in [0.05, 0.1) is 28.0 Å². The molecule has 164 valence electrons. The third-order valence-electron chi connectivity index (χ3n) is 5.05. The van der Waals surface area contributed by atoms with E-state index < -0.39 is 11.4 Å². The number of fused-ring (bicyclic) bond motifs is 1. The Bertz CT molecular complexity index is 1280. The van der Waals surface area contributed by atoms with E-state index in [-0.39, 0.29) is 5.91 Å². The van der Waals surface area contributed by atoms with Crippen molar-refractivity contribution in [3.63, 3.8) is 0 Å². The molecule has 8 heteroatoms. The lowest BCUT2D eigenvalue weighted by Crippen LogP contribution is -2.17. The fraction of sp³-hybridized carbons (Fsp3) is 0.167. The molecule has 32 heavy (non-hydrogen) atoms. The predicted octanol–water partition coefficient (Wildman–Crippen LogP) is 5.62. The van der Waals surface area contributed by atoms with E-state index in [0.29, 0.717) is 21.9 Å². The number of ether oxygens (including phenoxy) is 1. The monoisotopic (exact) mass is 465 g/mol. The molecule has 1 heterocycles. The summed E-state index contributed by atoms with van der Waals surface area (Å²) < 4.78 is 22.7. The van der Waals surface area contributed by atoms with Crippen LogP contribution in [0.2, 0.25) is 0 Å². The lowest BCUT2D eigenvalue weighted by molar-refractivity contribution is 0.102. The van der Waals surface area contributed by atoms with Crippen molar-refractivity contribution in [2.45, 2.75) is 25.7 Å². The molecule has 1 unspecified atom stereocenters. The van der Waals surface area contributed by atoms with Crippen molar-refractivity contribution in [2.75, 3.05) is 17.1 Å². The van der Waals surface area contributed by atoms with E-state index in [1.165, 1.54) is 7.11 Å². The number of methoxy groups -OCH3 is 1. The average Bonchev–Trinajstić information content (AvgIpc) is 3.15. The molecule has 0 spiro atoms. The highest BCUT2D eigenvalue weighted by molar-refractivity contribution is 7.92. The summed E-state index contributed by atoms with van der Waals surface area (Å²) in [6.07, 6.45) is 0. The lowest BCUT2D eigenvalue weighted by Gasteiger charge is -2.17. The first-order valence-electron chi connectivity index (χ1n) is 9.97. The molecule has 0 saturated carbocycles. The van der Waals surface area contributed by atoms with Crippen molar-refractivity contribution in [2.24, 2.45) is 0 Å². The first kappa shape index (κ1) is 22.1. The standard InChI is InChI=1S/C24H23N3O3S2/c1-14-6-5-7-15(2)23(14)27-32(29)22-13-18(9-10-20(22)30-4)26-24(28)17-8-11-21-19(12-17)25-16(3)31-21/h5-13,27H,1-4H3,(H,26,28). The molecule has 1 amide bonds. The summed E-state index contributed by atoms with van der Waals surface area (Å²) in [6.45, 7) is 5.86. The zero-order chi connectivity index (χ0) is 22.8. The van der Waals surface area contributed by atoms with Gasteiger partial charge in [0.2, 0.25) is 4.90 Å². The van der Waals surface area contributed by atoms with Gasteiger partial charge in [-0.3, -0.25) is 4.79 Å². The summed E-state index contributed by atoms with van der Waals surface area (Å²) in [6, 6.07) is 16.4. The van der Waals surface area contributed by atoms with Gasteiger partial charge in [0.25, 0.3) is 5.91 Å². The topological polar surface area (TPSA) is 86.3 Å². The van der Waals surface area contributed by atoms with Gasteiger partial charge in [0.15, 0.2) is 5.75 Å². The fourth-order valence-corrected chi connectivity index (χ4v) is 5.40. The van der Waals surface area contributed by atoms with Gasteiger partial charge in [-0.15, -0.1) is 11.3 Å². The number of nitrogens with zero attached hydrogens (tertiary/aromatic N) is 1. The van der Waals surface area contributed by atoms with Crippen LogP contribution in [0.4, 0.5) is 11.4 Å². The Kier molecular flexibility index (Phi) is 6.36. The number of rotatable bonds is 6. The van der Waals surface area contributed by atoms with Crippen LogP contribution < -0.4 is 14.8 Å². The highest BCUT2D eigenvalue weighted by Gasteiger charge is 2.21. The number of amides is 1. The van der Waals surface area contributed by atoms with Gasteiger partial charge in [-0.2, -0.15) is 0 Å². The van der Waals surface area contributed by atoms with Crippen LogP contribution in [0.1, 0.15) is 26.5 Å². The van der Waals surface area contributed by atoms with Crippen molar-refractivity contribution in [3.8, 4) is 5.75 Å². The zero-order valence-electron chi connectivity index (χ0n) is 18.2. The lowest BCUT2D eigenvalue weighted by atomic mass is 10.1. The van der Waals surface area contributed by atoms with Crippen LogP contribution in [0.5, 0.6) is 5.75 Å². The van der Waals surface area contributed by atoms with Gasteiger partial charge in [-0.25, -0.2) is 9.71 Å². The molecule has 0 radical (unpaired) electrons. The van der Waals surface area contributed by atoms with Crippen LogP contribution in [-0.4, -0.2) is 22.6 Å². The first-order valence-corrected chi connectivity index (χ1v) is 11.9. The minimum Gasteiger partial charge on any atom is -0.588 e. The van der Waals surface area contributed by atoms with Gasteiger partial charge in [-0.1, -0.05) is 18.2 Å². The number of hydrogen-bond donors (Lipinski definition) is 2. The third kappa shape index (κ3) is 4.57. The Hall–Kier alpha value is -3.07. The second kappa shape index (κ2) is 9.20. The molecule has 4 aromatic rings.